The molecule has 0 spiro atoms. The average Bonchev–Trinajstić information content (AvgIpc) is 2.90. The van der Waals surface area contributed by atoms with E-state index in [4.69, 9.17) is 0 Å². The molecule has 1 heterocycles. The second-order valence-electron chi connectivity index (χ2n) is 4.94. The Balaban J connectivity index is 1.53. The molecule has 0 radical (unpaired) electrons. The lowest BCUT2D eigenvalue weighted by molar-refractivity contribution is 0.469. The Kier molecular flexibility index (Phi) is 4.40. The summed E-state index contributed by atoms with van der Waals surface area (Å²) in [5, 5.41) is 3.47. The number of aryl methyl sites for hydroxylation is 1. The molecular formula is C13H23N3. The zero-order valence-electron chi connectivity index (χ0n) is 10.3. The second-order valence-corrected chi connectivity index (χ2v) is 4.94. The maximum atomic E-state index is 4.27. The van der Waals surface area contributed by atoms with Crippen LogP contribution in [0.3, 0.4) is 0 Å². The molecule has 2 N–H and O–H groups in total. The summed E-state index contributed by atoms with van der Waals surface area (Å²) in [5.74, 6) is 1.02. The van der Waals surface area contributed by atoms with Crippen LogP contribution in [-0.4, -0.2) is 16.5 Å². The van der Waals surface area contributed by atoms with Gasteiger partial charge in [-0.2, -0.15) is 0 Å². The number of nitrogens with one attached hydrogen (secondary N) is 2. The first-order chi connectivity index (χ1) is 7.86. The van der Waals surface area contributed by atoms with Crippen LogP contribution in [0, 0.1) is 12.8 Å². The fraction of sp³-hybridized carbons (Fsp3) is 0.769. The first-order valence-corrected chi connectivity index (χ1v) is 6.56. The summed E-state index contributed by atoms with van der Waals surface area (Å²) in [7, 11) is 0. The van der Waals surface area contributed by atoms with E-state index in [0.29, 0.717) is 0 Å². The average molecular weight is 221 g/mol. The van der Waals surface area contributed by atoms with E-state index in [1.54, 1.807) is 6.33 Å². The molecule has 0 saturated heterocycles. The molecule has 16 heavy (non-hydrogen) atoms. The van der Waals surface area contributed by atoms with Gasteiger partial charge in [0.2, 0.25) is 0 Å². The minimum absolute atomic E-state index is 0.903. The Morgan fingerprint density at radius 3 is 2.94 bits per heavy atom. The van der Waals surface area contributed by atoms with Crippen LogP contribution < -0.4 is 5.32 Å². The second kappa shape index (κ2) is 6.04. The van der Waals surface area contributed by atoms with Crippen molar-refractivity contribution in [3.63, 3.8) is 0 Å². The van der Waals surface area contributed by atoms with E-state index < -0.39 is 0 Å². The van der Waals surface area contributed by atoms with Crippen LogP contribution in [0.15, 0.2) is 6.33 Å². The summed E-state index contributed by atoms with van der Waals surface area (Å²) in [4.78, 5) is 7.38. The Morgan fingerprint density at radius 2 is 2.25 bits per heavy atom. The third kappa shape index (κ3) is 3.34. The molecule has 0 unspecified atom stereocenters. The van der Waals surface area contributed by atoms with Crippen LogP contribution in [0.5, 0.6) is 0 Å². The normalized spacial score (nSPS) is 17.1. The Bertz CT molecular complexity index is 300. The zero-order chi connectivity index (χ0) is 11.2. The van der Waals surface area contributed by atoms with Crippen LogP contribution in [0.2, 0.25) is 0 Å². The minimum atomic E-state index is 0.903. The van der Waals surface area contributed by atoms with Crippen molar-refractivity contribution in [1.82, 2.24) is 15.3 Å². The molecule has 1 saturated carbocycles. The van der Waals surface area contributed by atoms with Crippen LogP contribution in [0.25, 0.3) is 0 Å². The topological polar surface area (TPSA) is 40.7 Å². The lowest BCUT2D eigenvalue weighted by Crippen LogP contribution is -2.16. The van der Waals surface area contributed by atoms with Crippen molar-refractivity contribution in [3.05, 3.63) is 17.7 Å². The van der Waals surface area contributed by atoms with E-state index in [1.807, 2.05) is 0 Å². The van der Waals surface area contributed by atoms with Crippen molar-refractivity contribution in [2.75, 3.05) is 6.54 Å². The highest BCUT2D eigenvalue weighted by Gasteiger charge is 2.13. The fourth-order valence-corrected chi connectivity index (χ4v) is 2.59. The predicted octanol–water partition coefficient (Wildman–Crippen LogP) is 2.78. The molecule has 1 aromatic heterocycles. The standard InChI is InChI=1S/C13H23N3/c1-11-13(16-10-15-11)9-14-8-4-7-12-5-2-3-6-12/h10,12,14H,2-9H2,1H3,(H,15,16). The SMILES string of the molecule is Cc1[nH]cnc1CNCCCC1CCCC1. The van der Waals surface area contributed by atoms with Crippen molar-refractivity contribution in [2.24, 2.45) is 5.92 Å². The van der Waals surface area contributed by atoms with E-state index in [1.165, 1.54) is 44.2 Å². The van der Waals surface area contributed by atoms with Crippen LogP contribution in [0.1, 0.15) is 49.9 Å². The van der Waals surface area contributed by atoms with Crippen molar-refractivity contribution in [1.29, 1.82) is 0 Å². The summed E-state index contributed by atoms with van der Waals surface area (Å²) in [6.07, 6.45) is 10.4. The lowest BCUT2D eigenvalue weighted by Gasteiger charge is -2.08. The molecule has 1 aromatic rings. The number of rotatable bonds is 6. The molecule has 1 aliphatic rings. The fourth-order valence-electron chi connectivity index (χ4n) is 2.59. The van der Waals surface area contributed by atoms with Gasteiger partial charge in [0.05, 0.1) is 12.0 Å². The number of H-pyrrole nitrogens is 1. The van der Waals surface area contributed by atoms with Crippen molar-refractivity contribution in [3.8, 4) is 0 Å². The van der Waals surface area contributed by atoms with E-state index in [-0.39, 0.29) is 0 Å². The molecule has 0 atom stereocenters. The Labute approximate surface area is 98.1 Å². The molecule has 0 amide bonds. The van der Waals surface area contributed by atoms with Crippen molar-refractivity contribution in [2.45, 2.75) is 52.0 Å². The van der Waals surface area contributed by atoms with Gasteiger partial charge in [-0.1, -0.05) is 25.7 Å². The van der Waals surface area contributed by atoms with Crippen LogP contribution in [0.4, 0.5) is 0 Å². The largest absolute Gasteiger partial charge is 0.348 e. The highest BCUT2D eigenvalue weighted by atomic mass is 14.9. The van der Waals surface area contributed by atoms with Gasteiger partial charge in [0.15, 0.2) is 0 Å². The third-order valence-corrected chi connectivity index (χ3v) is 3.67. The molecule has 3 heteroatoms. The predicted molar refractivity (Wildman–Crippen MR) is 66.2 cm³/mol. The van der Waals surface area contributed by atoms with Crippen molar-refractivity contribution < 1.29 is 0 Å². The van der Waals surface area contributed by atoms with Gasteiger partial charge < -0.3 is 10.3 Å². The van der Waals surface area contributed by atoms with Gasteiger partial charge in [0.25, 0.3) is 0 Å². The highest BCUT2D eigenvalue weighted by molar-refractivity contribution is 5.07. The quantitative estimate of drug-likeness (QED) is 0.725. The first kappa shape index (κ1) is 11.6. The monoisotopic (exact) mass is 221 g/mol. The number of hydrogen-bond acceptors (Lipinski definition) is 2. The lowest BCUT2D eigenvalue weighted by atomic mass is 10.0. The summed E-state index contributed by atoms with van der Waals surface area (Å²) in [6, 6.07) is 0. The summed E-state index contributed by atoms with van der Waals surface area (Å²) < 4.78 is 0. The van der Waals surface area contributed by atoms with Gasteiger partial charge in [0, 0.05) is 12.2 Å². The maximum Gasteiger partial charge on any atom is 0.0925 e. The molecule has 90 valence electrons. The number of aromatic amines is 1. The molecular weight excluding hydrogens is 198 g/mol. The minimum Gasteiger partial charge on any atom is -0.348 e. The van der Waals surface area contributed by atoms with Gasteiger partial charge in [-0.25, -0.2) is 4.98 Å². The molecule has 0 aromatic carbocycles. The summed E-state index contributed by atoms with van der Waals surface area (Å²) >= 11 is 0. The number of aromatic nitrogens is 2. The zero-order valence-corrected chi connectivity index (χ0v) is 10.3. The maximum absolute atomic E-state index is 4.27. The third-order valence-electron chi connectivity index (χ3n) is 3.67. The number of nitrogens with zero attached hydrogens (tertiary/aromatic N) is 1. The van der Waals surface area contributed by atoms with Gasteiger partial charge >= 0.3 is 0 Å². The molecule has 2 rings (SSSR count). The summed E-state index contributed by atoms with van der Waals surface area (Å²) in [5.41, 5.74) is 2.34. The van der Waals surface area contributed by atoms with Crippen LogP contribution in [-0.2, 0) is 6.54 Å². The molecule has 0 aliphatic heterocycles. The Morgan fingerprint density at radius 1 is 1.44 bits per heavy atom. The molecule has 1 fully saturated rings. The van der Waals surface area contributed by atoms with E-state index in [9.17, 15) is 0 Å². The molecule has 3 nitrogen and oxygen atoms in total. The molecule has 0 bridgehead atoms. The van der Waals surface area contributed by atoms with E-state index in [0.717, 1.165) is 24.7 Å². The van der Waals surface area contributed by atoms with Crippen LogP contribution >= 0.6 is 0 Å². The van der Waals surface area contributed by atoms with Gasteiger partial charge in [0.1, 0.15) is 0 Å². The van der Waals surface area contributed by atoms with Gasteiger partial charge in [-0.05, 0) is 32.2 Å². The first-order valence-electron chi connectivity index (χ1n) is 6.56. The van der Waals surface area contributed by atoms with E-state index in [2.05, 4.69) is 22.2 Å². The summed E-state index contributed by atoms with van der Waals surface area (Å²) in [6.45, 7) is 4.10. The number of hydrogen-bond donors (Lipinski definition) is 2. The van der Waals surface area contributed by atoms with Gasteiger partial charge in [-0.15, -0.1) is 0 Å². The van der Waals surface area contributed by atoms with Crippen molar-refractivity contribution >= 4 is 0 Å². The highest BCUT2D eigenvalue weighted by Crippen LogP contribution is 2.28. The molecule has 1 aliphatic carbocycles. The number of imidazole rings is 1. The smallest absolute Gasteiger partial charge is 0.0925 e. The van der Waals surface area contributed by atoms with E-state index >= 15 is 0 Å². The van der Waals surface area contributed by atoms with Gasteiger partial charge in [-0.3, -0.25) is 0 Å². The Hall–Kier alpha value is -0.830.